The van der Waals surface area contributed by atoms with Crippen LogP contribution in [0.1, 0.15) is 11.1 Å². The van der Waals surface area contributed by atoms with Crippen molar-refractivity contribution in [1.29, 1.82) is 0 Å². The van der Waals surface area contributed by atoms with Gasteiger partial charge >= 0.3 is 0 Å². The van der Waals surface area contributed by atoms with Gasteiger partial charge in [-0.25, -0.2) is 0 Å². The molecule has 2 aromatic carbocycles. The zero-order valence-electron chi connectivity index (χ0n) is 10.1. The van der Waals surface area contributed by atoms with E-state index in [0.717, 1.165) is 17.1 Å². The van der Waals surface area contributed by atoms with Crippen molar-refractivity contribution in [2.75, 3.05) is 7.05 Å². The molecule has 2 aromatic rings. The van der Waals surface area contributed by atoms with Gasteiger partial charge in [0.15, 0.2) is 0 Å². The summed E-state index contributed by atoms with van der Waals surface area (Å²) in [7, 11) is 1.93. The number of hydrogen-bond donors (Lipinski definition) is 1. The van der Waals surface area contributed by atoms with Gasteiger partial charge in [0, 0.05) is 11.6 Å². The molecule has 0 amide bonds. The predicted octanol–water partition coefficient (Wildman–Crippen LogP) is 4.03. The molecule has 88 valence electrons. The molecular weight excluding hydrogens is 230 g/mol. The average molecular weight is 246 g/mol. The Morgan fingerprint density at radius 1 is 1.12 bits per heavy atom. The largest absolute Gasteiger partial charge is 0.316 e. The van der Waals surface area contributed by atoms with Crippen LogP contribution in [0.15, 0.2) is 42.5 Å². The Labute approximate surface area is 107 Å². The van der Waals surface area contributed by atoms with Crippen molar-refractivity contribution in [3.8, 4) is 11.1 Å². The summed E-state index contributed by atoms with van der Waals surface area (Å²) in [4.78, 5) is 0. The van der Waals surface area contributed by atoms with Crippen molar-refractivity contribution in [1.82, 2.24) is 5.32 Å². The van der Waals surface area contributed by atoms with Gasteiger partial charge in [-0.3, -0.25) is 0 Å². The Morgan fingerprint density at radius 3 is 2.59 bits per heavy atom. The summed E-state index contributed by atoms with van der Waals surface area (Å²) in [5, 5.41) is 3.95. The highest BCUT2D eigenvalue weighted by atomic mass is 35.5. The minimum absolute atomic E-state index is 0.790. The number of hydrogen-bond acceptors (Lipinski definition) is 1. The maximum absolute atomic E-state index is 6.16. The van der Waals surface area contributed by atoms with Gasteiger partial charge in [-0.1, -0.05) is 41.9 Å². The lowest BCUT2D eigenvalue weighted by atomic mass is 9.99. The Kier molecular flexibility index (Phi) is 3.82. The third-order valence-corrected chi connectivity index (χ3v) is 3.24. The molecule has 0 unspecified atom stereocenters. The van der Waals surface area contributed by atoms with Gasteiger partial charge in [0.05, 0.1) is 0 Å². The quantitative estimate of drug-likeness (QED) is 0.861. The molecule has 0 aliphatic heterocycles. The van der Waals surface area contributed by atoms with E-state index in [9.17, 15) is 0 Å². The molecule has 2 rings (SSSR count). The van der Waals surface area contributed by atoms with Gasteiger partial charge < -0.3 is 5.32 Å². The van der Waals surface area contributed by atoms with Crippen LogP contribution in [0.5, 0.6) is 0 Å². The van der Waals surface area contributed by atoms with Gasteiger partial charge in [-0.2, -0.15) is 0 Å². The molecule has 0 aliphatic carbocycles. The number of rotatable bonds is 3. The van der Waals surface area contributed by atoms with Crippen LogP contribution in [-0.4, -0.2) is 7.05 Å². The summed E-state index contributed by atoms with van der Waals surface area (Å²) < 4.78 is 0. The third-order valence-electron chi connectivity index (χ3n) is 2.87. The van der Waals surface area contributed by atoms with Gasteiger partial charge in [-0.05, 0) is 48.4 Å². The second-order valence-corrected chi connectivity index (χ2v) is 4.56. The Balaban J connectivity index is 2.46. The molecule has 0 aliphatic rings. The smallest absolute Gasteiger partial charge is 0.0451 e. The fourth-order valence-corrected chi connectivity index (χ4v) is 2.15. The first kappa shape index (κ1) is 12.2. The van der Waals surface area contributed by atoms with E-state index in [1.165, 1.54) is 16.7 Å². The van der Waals surface area contributed by atoms with Gasteiger partial charge in [-0.15, -0.1) is 0 Å². The van der Waals surface area contributed by atoms with E-state index in [1.807, 2.05) is 13.1 Å². The van der Waals surface area contributed by atoms with E-state index in [2.05, 4.69) is 48.6 Å². The molecule has 1 nitrogen and oxygen atoms in total. The van der Waals surface area contributed by atoms with Gasteiger partial charge in [0.1, 0.15) is 0 Å². The minimum atomic E-state index is 0.790. The average Bonchev–Trinajstić information content (AvgIpc) is 2.33. The normalized spacial score (nSPS) is 10.5. The molecule has 0 saturated heterocycles. The summed E-state index contributed by atoms with van der Waals surface area (Å²) in [5.41, 5.74) is 4.90. The second-order valence-electron chi connectivity index (χ2n) is 4.15. The Morgan fingerprint density at radius 2 is 1.88 bits per heavy atom. The van der Waals surface area contributed by atoms with Crippen LogP contribution in [0.2, 0.25) is 5.02 Å². The Hall–Kier alpha value is -1.31. The van der Waals surface area contributed by atoms with E-state index >= 15 is 0 Å². The van der Waals surface area contributed by atoms with E-state index in [-0.39, 0.29) is 0 Å². The highest BCUT2D eigenvalue weighted by molar-refractivity contribution is 6.31. The monoisotopic (exact) mass is 245 g/mol. The van der Waals surface area contributed by atoms with Crippen LogP contribution >= 0.6 is 11.6 Å². The zero-order chi connectivity index (χ0) is 12.3. The van der Waals surface area contributed by atoms with Crippen molar-refractivity contribution in [2.45, 2.75) is 13.5 Å². The standard InChI is InChI=1S/C15H16ClN/c1-11-5-3-4-6-14(11)12-7-8-15(16)13(9-12)10-17-2/h3-9,17H,10H2,1-2H3. The molecule has 0 radical (unpaired) electrons. The van der Waals surface area contributed by atoms with Crippen LogP contribution in [0.4, 0.5) is 0 Å². The third kappa shape index (κ3) is 2.68. The SMILES string of the molecule is CNCc1cc(-c2ccccc2C)ccc1Cl. The number of benzene rings is 2. The summed E-state index contributed by atoms with van der Waals surface area (Å²) in [6.07, 6.45) is 0. The predicted molar refractivity (Wildman–Crippen MR) is 74.4 cm³/mol. The van der Waals surface area contributed by atoms with Crippen LogP contribution in [0.25, 0.3) is 11.1 Å². The number of halogens is 1. The lowest BCUT2D eigenvalue weighted by molar-refractivity contribution is 0.818. The molecule has 0 saturated carbocycles. The molecule has 17 heavy (non-hydrogen) atoms. The lowest BCUT2D eigenvalue weighted by Crippen LogP contribution is -2.05. The van der Waals surface area contributed by atoms with Crippen LogP contribution in [-0.2, 0) is 6.54 Å². The van der Waals surface area contributed by atoms with Crippen molar-refractivity contribution in [3.05, 3.63) is 58.6 Å². The van der Waals surface area contributed by atoms with E-state index in [0.29, 0.717) is 0 Å². The van der Waals surface area contributed by atoms with Crippen LogP contribution < -0.4 is 5.32 Å². The topological polar surface area (TPSA) is 12.0 Å². The van der Waals surface area contributed by atoms with Crippen molar-refractivity contribution >= 4 is 11.6 Å². The first-order valence-corrected chi connectivity index (χ1v) is 6.09. The maximum Gasteiger partial charge on any atom is 0.0451 e. The van der Waals surface area contributed by atoms with Crippen molar-refractivity contribution in [3.63, 3.8) is 0 Å². The fourth-order valence-electron chi connectivity index (χ4n) is 1.96. The number of aryl methyl sites for hydroxylation is 1. The molecule has 0 atom stereocenters. The van der Waals surface area contributed by atoms with Gasteiger partial charge in [0.2, 0.25) is 0 Å². The summed E-state index contributed by atoms with van der Waals surface area (Å²) >= 11 is 6.16. The molecule has 0 bridgehead atoms. The van der Waals surface area contributed by atoms with Gasteiger partial charge in [0.25, 0.3) is 0 Å². The molecule has 0 spiro atoms. The van der Waals surface area contributed by atoms with Crippen molar-refractivity contribution in [2.24, 2.45) is 0 Å². The Bertz CT molecular complexity index is 520. The zero-order valence-corrected chi connectivity index (χ0v) is 10.9. The maximum atomic E-state index is 6.16. The number of nitrogens with one attached hydrogen (secondary N) is 1. The molecule has 2 heteroatoms. The lowest BCUT2D eigenvalue weighted by Gasteiger charge is -2.09. The van der Waals surface area contributed by atoms with Crippen molar-refractivity contribution < 1.29 is 0 Å². The minimum Gasteiger partial charge on any atom is -0.316 e. The fraction of sp³-hybridized carbons (Fsp3) is 0.200. The summed E-state index contributed by atoms with van der Waals surface area (Å²) in [5.74, 6) is 0. The molecule has 0 heterocycles. The van der Waals surface area contributed by atoms with Crippen LogP contribution in [0, 0.1) is 6.92 Å². The highest BCUT2D eigenvalue weighted by Gasteiger charge is 2.05. The van der Waals surface area contributed by atoms with Crippen LogP contribution in [0.3, 0.4) is 0 Å². The molecular formula is C15H16ClN. The first-order valence-electron chi connectivity index (χ1n) is 5.71. The molecule has 0 fully saturated rings. The molecule has 1 N–H and O–H groups in total. The summed E-state index contributed by atoms with van der Waals surface area (Å²) in [6.45, 7) is 2.92. The summed E-state index contributed by atoms with van der Waals surface area (Å²) in [6, 6.07) is 14.6. The van der Waals surface area contributed by atoms with E-state index < -0.39 is 0 Å². The second kappa shape index (κ2) is 5.35. The first-order chi connectivity index (χ1) is 8.22. The highest BCUT2D eigenvalue weighted by Crippen LogP contribution is 2.27. The molecule has 0 aromatic heterocycles. The van der Waals surface area contributed by atoms with E-state index in [1.54, 1.807) is 0 Å². The van der Waals surface area contributed by atoms with E-state index in [4.69, 9.17) is 11.6 Å².